The number of thioether (sulfide) groups is 1. The Morgan fingerprint density at radius 2 is 1.30 bits per heavy atom. The van der Waals surface area contributed by atoms with Gasteiger partial charge in [-0.05, 0) is 66.2 Å². The lowest BCUT2D eigenvalue weighted by Gasteiger charge is -2.17. The molecule has 0 spiro atoms. The summed E-state index contributed by atoms with van der Waals surface area (Å²) in [5, 5.41) is 14.5. The number of nitrogens with one attached hydrogen (secondary N) is 2. The molecule has 0 aliphatic heterocycles. The maximum absolute atomic E-state index is 13.3. The highest BCUT2D eigenvalue weighted by Crippen LogP contribution is 2.37. The molecule has 1 unspecified atom stereocenters. The Hall–Kier alpha value is -4.56. The number of hydrogen-bond donors (Lipinski definition) is 3. The lowest BCUT2D eigenvalue weighted by molar-refractivity contribution is -0.115. The number of carboxylic acid groups (broad SMARTS) is 1. The number of hydrogen-bond acceptors (Lipinski definition) is 5. The van der Waals surface area contributed by atoms with E-state index in [2.05, 4.69) is 10.6 Å². The Kier molecular flexibility index (Phi) is 8.22. The Morgan fingerprint density at radius 3 is 1.92 bits per heavy atom. The number of methoxy groups -OCH3 is 1. The highest BCUT2D eigenvalue weighted by molar-refractivity contribution is 8.00. The summed E-state index contributed by atoms with van der Waals surface area (Å²) >= 11 is 1.38. The predicted molar refractivity (Wildman–Crippen MR) is 144 cm³/mol. The molecule has 8 heteroatoms. The van der Waals surface area contributed by atoms with E-state index in [1.54, 1.807) is 67.8 Å². The number of benzene rings is 4. The van der Waals surface area contributed by atoms with Crippen LogP contribution < -0.4 is 15.4 Å². The van der Waals surface area contributed by atoms with E-state index in [4.69, 9.17) is 4.74 Å². The first-order valence-corrected chi connectivity index (χ1v) is 12.2. The van der Waals surface area contributed by atoms with Gasteiger partial charge in [-0.3, -0.25) is 9.59 Å². The van der Waals surface area contributed by atoms with Crippen molar-refractivity contribution in [2.24, 2.45) is 0 Å². The van der Waals surface area contributed by atoms with Crippen molar-refractivity contribution in [1.82, 2.24) is 0 Å². The smallest absolute Gasteiger partial charge is 0.336 e. The second kappa shape index (κ2) is 11.9. The average Bonchev–Trinajstić information content (AvgIpc) is 2.93. The molecule has 1 atom stereocenters. The Bertz CT molecular complexity index is 1390. The molecule has 7 nitrogen and oxygen atoms in total. The topological polar surface area (TPSA) is 105 Å². The van der Waals surface area contributed by atoms with Crippen LogP contribution in [-0.2, 0) is 4.79 Å². The Balaban J connectivity index is 1.49. The van der Waals surface area contributed by atoms with Crippen LogP contribution in [0.15, 0.2) is 108 Å². The third kappa shape index (κ3) is 6.56. The number of anilines is 2. The Labute approximate surface area is 218 Å². The van der Waals surface area contributed by atoms with Gasteiger partial charge in [0.1, 0.15) is 11.0 Å². The van der Waals surface area contributed by atoms with Crippen molar-refractivity contribution in [3.8, 4) is 5.75 Å². The molecule has 0 aliphatic rings. The monoisotopic (exact) mass is 512 g/mol. The number of carboxylic acids is 1. The van der Waals surface area contributed by atoms with E-state index in [9.17, 15) is 19.5 Å². The second-order valence-electron chi connectivity index (χ2n) is 7.96. The van der Waals surface area contributed by atoms with Crippen LogP contribution >= 0.6 is 11.8 Å². The van der Waals surface area contributed by atoms with Gasteiger partial charge < -0.3 is 20.5 Å². The molecule has 0 aliphatic carbocycles. The zero-order valence-corrected chi connectivity index (χ0v) is 20.7. The van der Waals surface area contributed by atoms with Crippen molar-refractivity contribution in [3.05, 3.63) is 120 Å². The first kappa shape index (κ1) is 25.5. The van der Waals surface area contributed by atoms with E-state index in [1.807, 2.05) is 30.3 Å². The Morgan fingerprint density at radius 1 is 0.730 bits per heavy atom. The van der Waals surface area contributed by atoms with Gasteiger partial charge in [0.05, 0.1) is 18.2 Å². The van der Waals surface area contributed by atoms with Crippen LogP contribution in [0.5, 0.6) is 5.75 Å². The molecule has 4 rings (SSSR count). The van der Waals surface area contributed by atoms with Crippen molar-refractivity contribution < 1.29 is 24.2 Å². The van der Waals surface area contributed by atoms with Crippen LogP contribution in [0.3, 0.4) is 0 Å². The highest BCUT2D eigenvalue weighted by Gasteiger charge is 2.22. The number of carbonyl (C=O) groups excluding carboxylic acids is 2. The van der Waals surface area contributed by atoms with Gasteiger partial charge in [-0.25, -0.2) is 4.79 Å². The van der Waals surface area contributed by atoms with Gasteiger partial charge in [-0.2, -0.15) is 0 Å². The number of aromatic carboxylic acids is 1. The molecule has 0 aromatic heterocycles. The summed E-state index contributed by atoms with van der Waals surface area (Å²) < 4.78 is 5.18. The number of rotatable bonds is 9. The first-order valence-electron chi connectivity index (χ1n) is 11.3. The van der Waals surface area contributed by atoms with E-state index >= 15 is 0 Å². The van der Waals surface area contributed by atoms with E-state index < -0.39 is 17.1 Å². The van der Waals surface area contributed by atoms with Crippen molar-refractivity contribution in [3.63, 3.8) is 0 Å². The van der Waals surface area contributed by atoms with Crippen LogP contribution in [0.25, 0.3) is 0 Å². The standard InChI is InChI=1S/C29H24N2O5S/c1-36-22-15-11-20(12-16-22)31-28(33)26(19-7-3-2-4-8-19)37-23-17-13-21(14-18-23)30-27(32)24-9-5-6-10-25(24)29(34)35/h2-18,26H,1H3,(H,30,32)(H,31,33)(H,34,35). The van der Waals surface area contributed by atoms with Crippen LogP contribution in [0.1, 0.15) is 31.5 Å². The van der Waals surface area contributed by atoms with Crippen LogP contribution in [-0.4, -0.2) is 30.0 Å². The highest BCUT2D eigenvalue weighted by atomic mass is 32.2. The van der Waals surface area contributed by atoms with Gasteiger partial charge in [-0.1, -0.05) is 42.5 Å². The fourth-order valence-electron chi connectivity index (χ4n) is 3.60. The summed E-state index contributed by atoms with van der Waals surface area (Å²) in [6.45, 7) is 0. The molecule has 3 N–H and O–H groups in total. The number of ether oxygens (including phenoxy) is 1. The quantitative estimate of drug-likeness (QED) is 0.234. The largest absolute Gasteiger partial charge is 0.497 e. The van der Waals surface area contributed by atoms with Gasteiger partial charge in [0.15, 0.2) is 0 Å². The summed E-state index contributed by atoms with van der Waals surface area (Å²) in [7, 11) is 1.58. The number of amides is 2. The van der Waals surface area contributed by atoms with Crippen LogP contribution in [0.2, 0.25) is 0 Å². The minimum absolute atomic E-state index is 0.0687. The van der Waals surface area contributed by atoms with Gasteiger partial charge in [-0.15, -0.1) is 11.8 Å². The van der Waals surface area contributed by atoms with Crippen LogP contribution in [0.4, 0.5) is 11.4 Å². The second-order valence-corrected chi connectivity index (χ2v) is 9.13. The normalized spacial score (nSPS) is 11.3. The van der Waals surface area contributed by atoms with E-state index in [0.29, 0.717) is 17.1 Å². The molecule has 2 amide bonds. The summed E-state index contributed by atoms with van der Waals surface area (Å²) in [6.07, 6.45) is 0. The first-order chi connectivity index (χ1) is 17.9. The molecule has 0 heterocycles. The zero-order valence-electron chi connectivity index (χ0n) is 19.9. The molecule has 0 radical (unpaired) electrons. The summed E-state index contributed by atoms with van der Waals surface area (Å²) in [5.74, 6) is -1.16. The summed E-state index contributed by atoms with van der Waals surface area (Å²) in [4.78, 5) is 38.2. The zero-order chi connectivity index (χ0) is 26.2. The number of carbonyl (C=O) groups is 3. The van der Waals surface area contributed by atoms with Gasteiger partial charge in [0, 0.05) is 16.3 Å². The van der Waals surface area contributed by atoms with Crippen molar-refractivity contribution >= 4 is 40.9 Å². The molecule has 0 bridgehead atoms. The molecule has 4 aromatic carbocycles. The molecule has 37 heavy (non-hydrogen) atoms. The molecule has 0 saturated heterocycles. The van der Waals surface area contributed by atoms with Crippen LogP contribution in [0, 0.1) is 0 Å². The van der Waals surface area contributed by atoms with E-state index in [1.165, 1.54) is 23.9 Å². The lowest BCUT2D eigenvalue weighted by atomic mass is 10.1. The summed E-state index contributed by atoms with van der Waals surface area (Å²) in [6, 6.07) is 29.7. The minimum atomic E-state index is -1.17. The van der Waals surface area contributed by atoms with Crippen molar-refractivity contribution in [1.29, 1.82) is 0 Å². The van der Waals surface area contributed by atoms with Gasteiger partial charge >= 0.3 is 5.97 Å². The third-order valence-corrected chi connectivity index (χ3v) is 6.73. The maximum atomic E-state index is 13.3. The fourth-order valence-corrected chi connectivity index (χ4v) is 4.63. The van der Waals surface area contributed by atoms with Gasteiger partial charge in [0.25, 0.3) is 5.91 Å². The predicted octanol–water partition coefficient (Wildman–Crippen LogP) is 6.12. The molecule has 4 aromatic rings. The van der Waals surface area contributed by atoms with E-state index in [-0.39, 0.29) is 17.0 Å². The molecular formula is C29H24N2O5S. The molecule has 0 saturated carbocycles. The lowest BCUT2D eigenvalue weighted by Crippen LogP contribution is -2.19. The minimum Gasteiger partial charge on any atom is -0.497 e. The van der Waals surface area contributed by atoms with Gasteiger partial charge in [0.2, 0.25) is 5.91 Å². The fraction of sp³-hybridized carbons (Fsp3) is 0.0690. The average molecular weight is 513 g/mol. The van der Waals surface area contributed by atoms with Crippen molar-refractivity contribution in [2.45, 2.75) is 10.1 Å². The summed E-state index contributed by atoms with van der Waals surface area (Å²) in [5.41, 5.74) is 2.02. The molecule has 0 fully saturated rings. The van der Waals surface area contributed by atoms with Crippen molar-refractivity contribution in [2.75, 3.05) is 17.7 Å². The molecule has 186 valence electrons. The molecular weight excluding hydrogens is 488 g/mol. The third-order valence-electron chi connectivity index (χ3n) is 5.47. The maximum Gasteiger partial charge on any atom is 0.336 e. The van der Waals surface area contributed by atoms with E-state index in [0.717, 1.165) is 10.5 Å². The SMILES string of the molecule is COc1ccc(NC(=O)C(Sc2ccc(NC(=O)c3ccccc3C(=O)O)cc2)c2ccccc2)cc1.